The molecule has 0 saturated carbocycles. The molecule has 0 saturated heterocycles. The molecule has 0 aliphatic carbocycles. The molecule has 0 aromatic heterocycles. The second kappa shape index (κ2) is 17.3. The fraction of sp³-hybridized carbons (Fsp3) is 0.829. The summed E-state index contributed by atoms with van der Waals surface area (Å²) in [6.45, 7) is 34.5. The molecule has 2 aliphatic rings. The van der Waals surface area contributed by atoms with Gasteiger partial charge >= 0.3 is 0 Å². The summed E-state index contributed by atoms with van der Waals surface area (Å²) in [7, 11) is 0. The number of hydrogen-bond acceptors (Lipinski definition) is 8. The van der Waals surface area contributed by atoms with Gasteiger partial charge in [0, 0.05) is 36.7 Å². The van der Waals surface area contributed by atoms with Crippen LogP contribution in [-0.4, -0.2) is 92.1 Å². The molecule has 248 valence electrons. The molecule has 0 aromatic rings. The summed E-state index contributed by atoms with van der Waals surface area (Å²) >= 11 is 3.87. The van der Waals surface area contributed by atoms with Crippen molar-refractivity contribution in [3.63, 3.8) is 0 Å². The van der Waals surface area contributed by atoms with Gasteiger partial charge in [0.05, 0.1) is 21.2 Å². The van der Waals surface area contributed by atoms with E-state index in [0.717, 1.165) is 37.7 Å². The van der Waals surface area contributed by atoms with Crippen molar-refractivity contribution >= 4 is 33.6 Å². The molecule has 0 radical (unpaired) electrons. The molecule has 2 N–H and O–H groups in total. The second-order valence-corrected chi connectivity index (χ2v) is 16.7. The first-order chi connectivity index (χ1) is 20.1. The van der Waals surface area contributed by atoms with E-state index in [0.29, 0.717) is 12.1 Å². The van der Waals surface area contributed by atoms with E-state index in [4.69, 9.17) is 9.98 Å². The molecular weight excluding hydrogens is 569 g/mol. The van der Waals surface area contributed by atoms with Gasteiger partial charge in [-0.25, -0.2) is 0 Å². The SMILES string of the molecule is C=CCN1C(C)(C)N=C(SCCC(C)NCCCCCCCNC(C)CCSC2=NC(C)(C)N(CC=C)C2(C)C)C1(C)C. The Kier molecular flexibility index (Phi) is 15.5. The molecule has 0 amide bonds. The Labute approximate surface area is 274 Å². The third-order valence-electron chi connectivity index (χ3n) is 9.01. The lowest BCUT2D eigenvalue weighted by Crippen LogP contribution is -2.51. The zero-order valence-electron chi connectivity index (χ0n) is 29.5. The molecule has 6 nitrogen and oxygen atoms in total. The number of unbranched alkanes of at least 4 members (excludes halogenated alkanes) is 4. The summed E-state index contributed by atoms with van der Waals surface area (Å²) in [5.41, 5.74) is -0.377. The van der Waals surface area contributed by atoms with Crippen LogP contribution in [0.2, 0.25) is 0 Å². The number of thioether (sulfide) groups is 2. The van der Waals surface area contributed by atoms with E-state index in [2.05, 4.69) is 103 Å². The fourth-order valence-corrected chi connectivity index (χ4v) is 9.25. The van der Waals surface area contributed by atoms with Gasteiger partial charge in [0.2, 0.25) is 0 Å². The molecule has 43 heavy (non-hydrogen) atoms. The summed E-state index contributed by atoms with van der Waals surface area (Å²) in [4.78, 5) is 15.0. The van der Waals surface area contributed by atoms with Crippen LogP contribution < -0.4 is 10.6 Å². The van der Waals surface area contributed by atoms with Gasteiger partial charge in [0.25, 0.3) is 0 Å². The predicted molar refractivity (Wildman–Crippen MR) is 197 cm³/mol. The smallest absolute Gasteiger partial charge is 0.109 e. The van der Waals surface area contributed by atoms with Gasteiger partial charge in [-0.15, -0.1) is 36.7 Å². The fourth-order valence-electron chi connectivity index (χ4n) is 6.42. The first-order valence-electron chi connectivity index (χ1n) is 16.8. The largest absolute Gasteiger partial charge is 0.314 e. The molecule has 0 spiro atoms. The molecule has 2 aliphatic heterocycles. The van der Waals surface area contributed by atoms with Crippen LogP contribution in [0, 0.1) is 0 Å². The highest BCUT2D eigenvalue weighted by molar-refractivity contribution is 8.14. The molecule has 2 heterocycles. The van der Waals surface area contributed by atoms with Crippen LogP contribution in [-0.2, 0) is 0 Å². The van der Waals surface area contributed by atoms with Crippen LogP contribution in [0.3, 0.4) is 0 Å². The van der Waals surface area contributed by atoms with Crippen molar-refractivity contribution < 1.29 is 0 Å². The number of nitrogens with one attached hydrogen (secondary N) is 2. The summed E-state index contributed by atoms with van der Waals surface area (Å²) in [5, 5.41) is 10.0. The quantitative estimate of drug-likeness (QED) is 0.105. The molecule has 0 aromatic carbocycles. The normalized spacial score (nSPS) is 22.3. The minimum Gasteiger partial charge on any atom is -0.314 e. The minimum absolute atomic E-state index is 0.0279. The Hall–Kier alpha value is -0.640. The average Bonchev–Trinajstić information content (AvgIpc) is 3.19. The highest BCUT2D eigenvalue weighted by Crippen LogP contribution is 2.40. The summed E-state index contributed by atoms with van der Waals surface area (Å²) in [6.07, 6.45) is 12.8. The van der Waals surface area contributed by atoms with Gasteiger partial charge in [-0.3, -0.25) is 19.8 Å². The van der Waals surface area contributed by atoms with Crippen molar-refractivity contribution in [2.75, 3.05) is 37.7 Å². The third-order valence-corrected chi connectivity index (χ3v) is 11.6. The van der Waals surface area contributed by atoms with E-state index >= 15 is 0 Å². The first-order valence-corrected chi connectivity index (χ1v) is 18.8. The van der Waals surface area contributed by atoms with E-state index in [-0.39, 0.29) is 22.4 Å². The first kappa shape index (κ1) is 38.5. The standard InChI is InChI=1S/C35H66N6S2/c1-13-24-40-32(5,6)30(38-34(40,9)10)42-26-20-28(3)36-22-18-16-15-17-19-23-37-29(4)21-27-43-31-33(7,8)41(25-14-2)35(11,12)39-31/h13-14,28-29,36-37H,1-2,15-27H2,3-12H3. The maximum atomic E-state index is 5.06. The number of aliphatic imine (C=N–C) groups is 2. The lowest BCUT2D eigenvalue weighted by Gasteiger charge is -2.38. The number of hydrogen-bond donors (Lipinski definition) is 2. The summed E-state index contributed by atoms with van der Waals surface area (Å²) in [5.74, 6) is 2.22. The number of nitrogens with zero attached hydrogens (tertiary/aromatic N) is 4. The van der Waals surface area contributed by atoms with Crippen LogP contribution in [0.4, 0.5) is 0 Å². The lowest BCUT2D eigenvalue weighted by molar-refractivity contribution is 0.100. The van der Waals surface area contributed by atoms with Crippen molar-refractivity contribution in [2.24, 2.45) is 9.98 Å². The van der Waals surface area contributed by atoms with Gasteiger partial charge in [0.15, 0.2) is 0 Å². The highest BCUT2D eigenvalue weighted by Gasteiger charge is 2.47. The molecule has 2 unspecified atom stereocenters. The maximum absolute atomic E-state index is 5.06. The van der Waals surface area contributed by atoms with Gasteiger partial charge in [-0.1, -0.05) is 31.4 Å². The van der Waals surface area contributed by atoms with Crippen molar-refractivity contribution in [3.8, 4) is 0 Å². The van der Waals surface area contributed by atoms with E-state index in [1.807, 2.05) is 35.7 Å². The Morgan fingerprint density at radius 1 is 0.651 bits per heavy atom. The van der Waals surface area contributed by atoms with Gasteiger partial charge in [-0.05, 0) is 108 Å². The Morgan fingerprint density at radius 2 is 1.00 bits per heavy atom. The third kappa shape index (κ3) is 11.3. The zero-order valence-corrected chi connectivity index (χ0v) is 31.2. The van der Waals surface area contributed by atoms with Crippen molar-refractivity contribution in [3.05, 3.63) is 25.3 Å². The Balaban J connectivity index is 1.48. The molecule has 0 fully saturated rings. The van der Waals surface area contributed by atoms with Crippen molar-refractivity contribution in [1.82, 2.24) is 20.4 Å². The Morgan fingerprint density at radius 3 is 1.35 bits per heavy atom. The molecule has 8 heteroatoms. The highest BCUT2D eigenvalue weighted by atomic mass is 32.2. The van der Waals surface area contributed by atoms with Crippen molar-refractivity contribution in [1.29, 1.82) is 0 Å². The predicted octanol–water partition coefficient (Wildman–Crippen LogP) is 7.97. The second-order valence-electron chi connectivity index (χ2n) is 14.5. The van der Waals surface area contributed by atoms with Crippen LogP contribution in [0.1, 0.15) is 114 Å². The molecule has 2 rings (SSSR count). The van der Waals surface area contributed by atoms with E-state index < -0.39 is 0 Å². The van der Waals surface area contributed by atoms with Gasteiger partial charge < -0.3 is 10.6 Å². The summed E-state index contributed by atoms with van der Waals surface area (Å²) in [6, 6.07) is 1.09. The maximum Gasteiger partial charge on any atom is 0.109 e. The van der Waals surface area contributed by atoms with E-state index in [1.165, 1.54) is 55.0 Å². The van der Waals surface area contributed by atoms with Crippen LogP contribution in [0.25, 0.3) is 0 Å². The summed E-state index contributed by atoms with van der Waals surface area (Å²) < 4.78 is 0. The van der Waals surface area contributed by atoms with E-state index in [9.17, 15) is 0 Å². The monoisotopic (exact) mass is 634 g/mol. The molecule has 2 atom stereocenters. The van der Waals surface area contributed by atoms with Gasteiger partial charge in [-0.2, -0.15) is 0 Å². The van der Waals surface area contributed by atoms with Crippen LogP contribution in [0.5, 0.6) is 0 Å². The van der Waals surface area contributed by atoms with E-state index in [1.54, 1.807) is 0 Å². The average molecular weight is 635 g/mol. The molecule has 0 bridgehead atoms. The molecular formula is C35H66N6S2. The zero-order chi connectivity index (χ0) is 32.3. The topological polar surface area (TPSA) is 55.3 Å². The van der Waals surface area contributed by atoms with Crippen LogP contribution in [0.15, 0.2) is 35.3 Å². The van der Waals surface area contributed by atoms with Gasteiger partial charge in [0.1, 0.15) is 11.3 Å². The lowest BCUT2D eigenvalue weighted by atomic mass is 10.0. The van der Waals surface area contributed by atoms with Crippen molar-refractivity contribution in [2.45, 2.75) is 149 Å². The Bertz CT molecular complexity index is 865. The minimum atomic E-state index is -0.160. The van der Waals surface area contributed by atoms with Crippen LogP contribution >= 0.6 is 23.5 Å². The number of rotatable bonds is 20.